The first-order valence-corrected chi connectivity index (χ1v) is 9.89. The minimum Gasteiger partial charge on any atom is -0.453 e. The van der Waals surface area contributed by atoms with E-state index >= 15 is 0 Å². The summed E-state index contributed by atoms with van der Waals surface area (Å²) >= 11 is 0. The summed E-state index contributed by atoms with van der Waals surface area (Å²) in [5.74, 6) is -1.68. The van der Waals surface area contributed by atoms with Gasteiger partial charge in [-0.25, -0.2) is 9.59 Å². The van der Waals surface area contributed by atoms with Crippen molar-refractivity contribution in [2.24, 2.45) is 11.5 Å². The average molecular weight is 505 g/mol. The highest BCUT2D eigenvalue weighted by Gasteiger charge is 2.30. The second kappa shape index (κ2) is 23.6. The van der Waals surface area contributed by atoms with Gasteiger partial charge in [0.15, 0.2) is 0 Å². The maximum Gasteiger partial charge on any atom is 0.423 e. The van der Waals surface area contributed by atoms with Crippen molar-refractivity contribution in [3.8, 4) is 0 Å². The Morgan fingerprint density at radius 3 is 1.54 bits per heavy atom. The van der Waals surface area contributed by atoms with Gasteiger partial charge in [-0.05, 0) is 12.8 Å². The zero-order valence-corrected chi connectivity index (χ0v) is 19.3. The molecule has 0 aromatic heterocycles. The number of hydrogen-bond acceptors (Lipinski definition) is 10. The molecule has 0 saturated carbocycles. The SMILES string of the molecule is C.C.CCCCN1C(=O)C=CC1=O.CCCOCN.COC(=O)N1C(=O)C=CC1=O.COC(N)=O. The van der Waals surface area contributed by atoms with Crippen LogP contribution in [-0.4, -0.2) is 79.7 Å². The molecule has 4 N–H and O–H groups in total. The molecule has 0 radical (unpaired) electrons. The van der Waals surface area contributed by atoms with E-state index < -0.39 is 24.0 Å². The number of carbonyl (C=O) groups is 6. The highest BCUT2D eigenvalue weighted by molar-refractivity contribution is 6.21. The van der Waals surface area contributed by atoms with E-state index in [0.29, 0.717) is 18.2 Å². The van der Waals surface area contributed by atoms with E-state index in [1.165, 1.54) is 24.2 Å². The van der Waals surface area contributed by atoms with Gasteiger partial charge in [-0.2, -0.15) is 4.90 Å². The van der Waals surface area contributed by atoms with E-state index in [9.17, 15) is 28.8 Å². The standard InChI is InChI=1S/C8H11NO2.C6H5NO4.C4H11NO.C2H5NO2.2CH4/c1-2-3-6-9-7(10)4-5-8(9)11;1-11-6(10)7-4(8)2-3-5(7)9;1-2-3-6-4-5;1-5-2(3)4;;/h4-5H,2-3,6H2,1H3;2-3H,1H3;2-5H2,1H3;1H3,(H2,3,4);2*1H4. The van der Waals surface area contributed by atoms with Gasteiger partial charge in [-0.1, -0.05) is 35.1 Å². The number of rotatable bonds is 6. The van der Waals surface area contributed by atoms with Crippen LogP contribution in [0.1, 0.15) is 48.0 Å². The van der Waals surface area contributed by atoms with Gasteiger partial charge in [-0.3, -0.25) is 24.1 Å². The summed E-state index contributed by atoms with van der Waals surface area (Å²) in [6.45, 7) is 5.78. The molecule has 35 heavy (non-hydrogen) atoms. The molecule has 2 aliphatic heterocycles. The lowest BCUT2D eigenvalue weighted by molar-refractivity contribution is -0.137. The van der Waals surface area contributed by atoms with Gasteiger partial charge in [0.05, 0.1) is 21.0 Å². The molecule has 0 fully saturated rings. The Balaban J connectivity index is -0.000000189. The molecule has 13 heteroatoms. The Hall–Kier alpha value is -3.58. The molecule has 2 heterocycles. The first-order valence-electron chi connectivity index (χ1n) is 9.89. The second-order valence-electron chi connectivity index (χ2n) is 5.93. The van der Waals surface area contributed by atoms with Crippen LogP contribution in [0, 0.1) is 0 Å². The Morgan fingerprint density at radius 1 is 0.829 bits per heavy atom. The molecule has 0 spiro atoms. The van der Waals surface area contributed by atoms with Crippen LogP contribution in [0.25, 0.3) is 0 Å². The molecule has 6 amide bonds. The van der Waals surface area contributed by atoms with Crippen LogP contribution in [0.2, 0.25) is 0 Å². The fraction of sp³-hybridized carbons (Fsp3) is 0.545. The Morgan fingerprint density at radius 2 is 1.26 bits per heavy atom. The maximum atomic E-state index is 10.9. The molecule has 202 valence electrons. The number of primary amides is 1. The minimum absolute atomic E-state index is 0. The van der Waals surface area contributed by atoms with Crippen molar-refractivity contribution in [3.05, 3.63) is 24.3 Å². The van der Waals surface area contributed by atoms with E-state index in [4.69, 9.17) is 10.5 Å². The molecule has 0 unspecified atom stereocenters. The number of methoxy groups -OCH3 is 2. The topological polar surface area (TPSA) is 189 Å². The summed E-state index contributed by atoms with van der Waals surface area (Å²) in [5, 5.41) is 0. The predicted molar refractivity (Wildman–Crippen MR) is 130 cm³/mol. The normalized spacial score (nSPS) is 12.7. The lowest BCUT2D eigenvalue weighted by atomic mass is 10.3. The first-order chi connectivity index (χ1) is 15.6. The number of imide groups is 4. The summed E-state index contributed by atoms with van der Waals surface area (Å²) in [5.41, 5.74) is 9.42. The lowest BCUT2D eigenvalue weighted by Crippen LogP contribution is -2.35. The second-order valence-corrected chi connectivity index (χ2v) is 5.93. The Labute approximate surface area is 207 Å². The average Bonchev–Trinajstić information content (AvgIpc) is 3.31. The van der Waals surface area contributed by atoms with E-state index in [2.05, 4.69) is 22.1 Å². The summed E-state index contributed by atoms with van der Waals surface area (Å²) in [6, 6.07) is 0. The molecule has 2 rings (SSSR count). The van der Waals surface area contributed by atoms with Crippen molar-refractivity contribution in [1.82, 2.24) is 9.80 Å². The molecule has 0 atom stereocenters. The van der Waals surface area contributed by atoms with Gasteiger partial charge in [0.25, 0.3) is 23.6 Å². The third-order valence-corrected chi connectivity index (χ3v) is 3.47. The summed E-state index contributed by atoms with van der Waals surface area (Å²) < 4.78 is 12.8. The van der Waals surface area contributed by atoms with Crippen molar-refractivity contribution in [2.45, 2.75) is 48.0 Å². The fourth-order valence-electron chi connectivity index (χ4n) is 1.87. The molecule has 0 aliphatic carbocycles. The maximum absolute atomic E-state index is 10.9. The lowest BCUT2D eigenvalue weighted by Gasteiger charge is -2.11. The van der Waals surface area contributed by atoms with Crippen LogP contribution in [0.5, 0.6) is 0 Å². The predicted octanol–water partition coefficient (Wildman–Crippen LogP) is 1.70. The zero-order chi connectivity index (χ0) is 25.8. The smallest absolute Gasteiger partial charge is 0.423 e. The highest BCUT2D eigenvalue weighted by Crippen LogP contribution is 2.05. The van der Waals surface area contributed by atoms with Crippen LogP contribution in [0.15, 0.2) is 24.3 Å². The third-order valence-electron chi connectivity index (χ3n) is 3.47. The third kappa shape index (κ3) is 17.5. The number of nitrogens with zero attached hydrogens (tertiary/aromatic N) is 2. The van der Waals surface area contributed by atoms with Crippen LogP contribution in [0.4, 0.5) is 9.59 Å². The van der Waals surface area contributed by atoms with Crippen LogP contribution >= 0.6 is 0 Å². The molecular formula is C22H40N4O9. The molecule has 0 aromatic rings. The molecular weight excluding hydrogens is 464 g/mol. The number of nitrogens with two attached hydrogens (primary N) is 2. The fourth-order valence-corrected chi connectivity index (χ4v) is 1.87. The summed E-state index contributed by atoms with van der Waals surface area (Å²) in [6.07, 6.45) is 5.90. The van der Waals surface area contributed by atoms with Gasteiger partial charge in [0.2, 0.25) is 0 Å². The van der Waals surface area contributed by atoms with Crippen LogP contribution in [-0.2, 0) is 33.4 Å². The quantitative estimate of drug-likeness (QED) is 0.306. The van der Waals surface area contributed by atoms with Crippen LogP contribution in [0.3, 0.4) is 0 Å². The first kappa shape index (κ1) is 38.7. The van der Waals surface area contributed by atoms with Gasteiger partial charge in [0.1, 0.15) is 0 Å². The highest BCUT2D eigenvalue weighted by atomic mass is 16.5. The van der Waals surface area contributed by atoms with E-state index in [1.807, 2.05) is 6.92 Å². The number of amides is 6. The van der Waals surface area contributed by atoms with Crippen molar-refractivity contribution < 1.29 is 43.0 Å². The van der Waals surface area contributed by atoms with Crippen molar-refractivity contribution in [2.75, 3.05) is 34.1 Å². The number of unbranched alkanes of at least 4 members (excludes halogenated alkanes) is 1. The zero-order valence-electron chi connectivity index (χ0n) is 19.3. The monoisotopic (exact) mass is 504 g/mol. The van der Waals surface area contributed by atoms with Crippen LogP contribution < -0.4 is 11.5 Å². The molecule has 0 bridgehead atoms. The largest absolute Gasteiger partial charge is 0.453 e. The van der Waals surface area contributed by atoms with Gasteiger partial charge in [0, 0.05) is 37.5 Å². The van der Waals surface area contributed by atoms with E-state index in [0.717, 1.165) is 45.1 Å². The molecule has 13 nitrogen and oxygen atoms in total. The van der Waals surface area contributed by atoms with Gasteiger partial charge >= 0.3 is 12.2 Å². The van der Waals surface area contributed by atoms with E-state index in [1.54, 1.807) is 0 Å². The molecule has 0 saturated heterocycles. The summed E-state index contributed by atoms with van der Waals surface area (Å²) in [4.78, 5) is 64.9. The number of carbonyl (C=O) groups excluding carboxylic acids is 6. The van der Waals surface area contributed by atoms with Crippen molar-refractivity contribution >= 4 is 35.8 Å². The minimum atomic E-state index is -0.954. The Bertz CT molecular complexity index is 696. The number of ether oxygens (including phenoxy) is 3. The van der Waals surface area contributed by atoms with Gasteiger partial charge < -0.3 is 25.7 Å². The number of hydrogen-bond donors (Lipinski definition) is 2. The van der Waals surface area contributed by atoms with E-state index in [-0.39, 0.29) is 26.7 Å². The van der Waals surface area contributed by atoms with Crippen molar-refractivity contribution in [3.63, 3.8) is 0 Å². The summed E-state index contributed by atoms with van der Waals surface area (Å²) in [7, 11) is 2.32. The van der Waals surface area contributed by atoms with Crippen molar-refractivity contribution in [1.29, 1.82) is 0 Å². The van der Waals surface area contributed by atoms with Gasteiger partial charge in [-0.15, -0.1) is 0 Å². The molecule has 2 aliphatic rings. The Kier molecular flexibility index (Phi) is 26.0. The molecule has 0 aromatic carbocycles.